The number of hydrogen-bond donors (Lipinski definition) is 0. The molecule has 1 fully saturated rings. The first kappa shape index (κ1) is 21.5. The Morgan fingerprint density at radius 3 is 2.64 bits per heavy atom. The number of carbonyl (C=O) groups is 2. The van der Waals surface area contributed by atoms with Crippen LogP contribution in [0.4, 0.5) is 10.1 Å². The summed E-state index contributed by atoms with van der Waals surface area (Å²) in [6.07, 6.45) is -0.683. The van der Waals surface area contributed by atoms with E-state index in [-0.39, 0.29) is 30.6 Å². The molecule has 0 bridgehead atoms. The van der Waals surface area contributed by atoms with E-state index in [9.17, 15) is 14.0 Å². The predicted octanol–water partition coefficient (Wildman–Crippen LogP) is 3.14. The normalized spacial score (nSPS) is 17.9. The Morgan fingerprint density at radius 1 is 1.09 bits per heavy atom. The maximum atomic E-state index is 13.3. The van der Waals surface area contributed by atoms with E-state index in [0.29, 0.717) is 43.4 Å². The third-order valence-corrected chi connectivity index (χ3v) is 6.59. The number of morpholine rings is 1. The average molecular weight is 468 g/mol. The maximum absolute atomic E-state index is 13.3. The summed E-state index contributed by atoms with van der Waals surface area (Å²) in [7, 11) is 0. The van der Waals surface area contributed by atoms with Gasteiger partial charge in [-0.3, -0.25) is 9.59 Å². The number of aromatic nitrogens is 1. The van der Waals surface area contributed by atoms with Crippen LogP contribution in [0.2, 0.25) is 0 Å². The van der Waals surface area contributed by atoms with Gasteiger partial charge < -0.3 is 19.3 Å². The van der Waals surface area contributed by atoms with Gasteiger partial charge in [-0.2, -0.15) is 0 Å². The number of anilines is 1. The highest BCUT2D eigenvalue weighted by Gasteiger charge is 2.36. The van der Waals surface area contributed by atoms with Gasteiger partial charge in [-0.15, -0.1) is 11.3 Å². The molecule has 3 heterocycles. The number of ether oxygens (including phenoxy) is 2. The van der Waals surface area contributed by atoms with Crippen LogP contribution in [0, 0.1) is 5.82 Å². The summed E-state index contributed by atoms with van der Waals surface area (Å²) in [4.78, 5) is 34.2. The van der Waals surface area contributed by atoms with Gasteiger partial charge in [0.05, 0.1) is 37.6 Å². The molecule has 3 aromatic rings. The van der Waals surface area contributed by atoms with E-state index in [1.807, 2.05) is 23.6 Å². The summed E-state index contributed by atoms with van der Waals surface area (Å²) in [5.74, 6) is -0.105. The molecule has 7 nitrogen and oxygen atoms in total. The number of para-hydroxylation sites is 2. The lowest BCUT2D eigenvalue weighted by atomic mass is 10.1. The Labute approximate surface area is 194 Å². The van der Waals surface area contributed by atoms with Crippen LogP contribution in [-0.4, -0.2) is 60.7 Å². The van der Waals surface area contributed by atoms with Crippen molar-refractivity contribution >= 4 is 28.8 Å². The first-order valence-electron chi connectivity index (χ1n) is 10.7. The lowest BCUT2D eigenvalue weighted by molar-refractivity contribution is -0.142. The molecular formula is C24H22FN3O4S. The molecule has 2 aromatic carbocycles. The van der Waals surface area contributed by atoms with E-state index in [2.05, 4.69) is 4.98 Å². The molecule has 0 radical (unpaired) electrons. The predicted molar refractivity (Wildman–Crippen MR) is 122 cm³/mol. The number of halogens is 1. The second-order valence-corrected chi connectivity index (χ2v) is 8.70. The molecule has 1 atom stereocenters. The Kier molecular flexibility index (Phi) is 6.06. The number of hydrogen-bond acceptors (Lipinski definition) is 6. The summed E-state index contributed by atoms with van der Waals surface area (Å²) in [6, 6.07) is 13.3. The molecule has 2 aliphatic rings. The first-order valence-corrected chi connectivity index (χ1v) is 11.6. The van der Waals surface area contributed by atoms with Crippen molar-refractivity contribution in [2.75, 3.05) is 37.7 Å². The molecule has 0 aliphatic carbocycles. The van der Waals surface area contributed by atoms with Crippen LogP contribution in [0.15, 0.2) is 53.9 Å². The van der Waals surface area contributed by atoms with Gasteiger partial charge in [0.15, 0.2) is 6.10 Å². The van der Waals surface area contributed by atoms with Crippen molar-refractivity contribution in [3.63, 3.8) is 0 Å². The van der Waals surface area contributed by atoms with Gasteiger partial charge in [0.2, 0.25) is 5.91 Å². The molecule has 0 saturated carbocycles. The Bertz CT molecular complexity index is 1160. The van der Waals surface area contributed by atoms with Gasteiger partial charge in [-0.05, 0) is 36.4 Å². The topological polar surface area (TPSA) is 72.0 Å². The third-order valence-electron chi connectivity index (χ3n) is 5.65. The van der Waals surface area contributed by atoms with Crippen LogP contribution in [0.5, 0.6) is 5.75 Å². The van der Waals surface area contributed by atoms with Crippen molar-refractivity contribution < 1.29 is 23.5 Å². The summed E-state index contributed by atoms with van der Waals surface area (Å²) >= 11 is 1.41. The van der Waals surface area contributed by atoms with Gasteiger partial charge in [-0.1, -0.05) is 12.1 Å². The minimum atomic E-state index is -0.771. The minimum Gasteiger partial charge on any atom is -0.476 e. The molecule has 1 saturated heterocycles. The first-order chi connectivity index (χ1) is 16.1. The highest BCUT2D eigenvalue weighted by molar-refractivity contribution is 7.13. The van der Waals surface area contributed by atoms with Gasteiger partial charge >= 0.3 is 0 Å². The fraction of sp³-hybridized carbons (Fsp3) is 0.292. The molecule has 0 spiro atoms. The quantitative estimate of drug-likeness (QED) is 0.590. The van der Waals surface area contributed by atoms with Crippen molar-refractivity contribution in [2.24, 2.45) is 0 Å². The second kappa shape index (κ2) is 9.29. The van der Waals surface area contributed by atoms with Crippen LogP contribution < -0.4 is 9.64 Å². The van der Waals surface area contributed by atoms with Crippen molar-refractivity contribution in [1.82, 2.24) is 9.88 Å². The average Bonchev–Trinajstić information content (AvgIpc) is 3.32. The molecule has 0 unspecified atom stereocenters. The molecule has 2 amide bonds. The molecule has 2 aliphatic heterocycles. The van der Waals surface area contributed by atoms with E-state index < -0.39 is 6.10 Å². The van der Waals surface area contributed by atoms with Crippen LogP contribution in [0.25, 0.3) is 10.6 Å². The van der Waals surface area contributed by atoms with Crippen molar-refractivity contribution in [3.05, 3.63) is 65.4 Å². The molecule has 33 heavy (non-hydrogen) atoms. The van der Waals surface area contributed by atoms with E-state index >= 15 is 0 Å². The van der Waals surface area contributed by atoms with E-state index in [1.165, 1.54) is 23.5 Å². The fourth-order valence-electron chi connectivity index (χ4n) is 3.95. The molecule has 5 rings (SSSR count). The van der Waals surface area contributed by atoms with E-state index in [4.69, 9.17) is 9.47 Å². The minimum absolute atomic E-state index is 0.0878. The zero-order valence-corrected chi connectivity index (χ0v) is 18.6. The molecule has 0 N–H and O–H groups in total. The molecule has 1 aromatic heterocycles. The van der Waals surface area contributed by atoms with Crippen LogP contribution in [0.1, 0.15) is 5.69 Å². The van der Waals surface area contributed by atoms with Gasteiger partial charge in [0.1, 0.15) is 16.6 Å². The van der Waals surface area contributed by atoms with Gasteiger partial charge in [-0.25, -0.2) is 9.37 Å². The standard InChI is InChI=1S/C24H22FN3O4S/c25-17-7-5-16(6-8-17)23-26-18(15-33-23)13-22(29)28-14-21(24(30)27-9-11-31-12-10-27)32-20-4-2-1-3-19(20)28/h1-8,15,21H,9-14H2/t21-/m1/s1. The second-order valence-electron chi connectivity index (χ2n) is 7.84. The van der Waals surface area contributed by atoms with E-state index in [0.717, 1.165) is 10.6 Å². The largest absolute Gasteiger partial charge is 0.476 e. The Morgan fingerprint density at radius 2 is 1.85 bits per heavy atom. The van der Waals surface area contributed by atoms with Crippen LogP contribution in [-0.2, 0) is 20.7 Å². The lowest BCUT2D eigenvalue weighted by Gasteiger charge is -2.37. The van der Waals surface area contributed by atoms with Crippen molar-refractivity contribution in [2.45, 2.75) is 12.5 Å². The molecular weight excluding hydrogens is 445 g/mol. The monoisotopic (exact) mass is 467 g/mol. The summed E-state index contributed by atoms with van der Waals surface area (Å²) in [5, 5.41) is 2.56. The molecule has 9 heteroatoms. The SMILES string of the molecule is O=C([C@H]1CN(C(=O)Cc2csc(-c3ccc(F)cc3)n2)c2ccccc2O1)N1CCOCC1. The Hall–Kier alpha value is -3.30. The highest BCUT2D eigenvalue weighted by Crippen LogP contribution is 2.34. The van der Waals surface area contributed by atoms with E-state index in [1.54, 1.807) is 28.0 Å². The number of carbonyl (C=O) groups excluding carboxylic acids is 2. The summed E-state index contributed by atoms with van der Waals surface area (Å²) in [5.41, 5.74) is 2.07. The number of nitrogens with zero attached hydrogens (tertiary/aromatic N) is 3. The molecule has 170 valence electrons. The smallest absolute Gasteiger partial charge is 0.265 e. The van der Waals surface area contributed by atoms with Crippen molar-refractivity contribution in [3.8, 4) is 16.3 Å². The third kappa shape index (κ3) is 4.60. The zero-order chi connectivity index (χ0) is 22.8. The summed E-state index contributed by atoms with van der Waals surface area (Å²) < 4.78 is 24.5. The van der Waals surface area contributed by atoms with Crippen molar-refractivity contribution in [1.29, 1.82) is 0 Å². The van der Waals surface area contributed by atoms with Crippen LogP contribution >= 0.6 is 11.3 Å². The number of rotatable bonds is 4. The Balaban J connectivity index is 1.34. The number of thiazole rings is 1. The fourth-order valence-corrected chi connectivity index (χ4v) is 4.78. The van der Waals surface area contributed by atoms with Gasteiger partial charge in [0.25, 0.3) is 5.91 Å². The number of amides is 2. The number of benzene rings is 2. The lowest BCUT2D eigenvalue weighted by Crippen LogP contribution is -2.54. The summed E-state index contributed by atoms with van der Waals surface area (Å²) in [6.45, 7) is 2.16. The zero-order valence-electron chi connectivity index (χ0n) is 17.8. The van der Waals surface area contributed by atoms with Crippen LogP contribution in [0.3, 0.4) is 0 Å². The van der Waals surface area contributed by atoms with Gasteiger partial charge in [0, 0.05) is 24.0 Å². The maximum Gasteiger partial charge on any atom is 0.265 e. The highest BCUT2D eigenvalue weighted by atomic mass is 32.1. The number of fused-ring (bicyclic) bond motifs is 1.